The fourth-order valence-electron chi connectivity index (χ4n) is 3.15. The zero-order chi connectivity index (χ0) is 19.3. The fourth-order valence-corrected chi connectivity index (χ4v) is 4.25. The molecule has 1 fully saturated rings. The highest BCUT2D eigenvalue weighted by Crippen LogP contribution is 2.20. The van der Waals surface area contributed by atoms with Crippen molar-refractivity contribution in [2.24, 2.45) is 0 Å². The Hall–Kier alpha value is -2.85. The Morgan fingerprint density at radius 3 is 2.41 bits per heavy atom. The second-order valence-corrected chi connectivity index (χ2v) is 8.31. The molecule has 0 saturated heterocycles. The van der Waals surface area contributed by atoms with Gasteiger partial charge in [-0.25, -0.2) is 8.42 Å². The number of rotatable bonds is 5. The zero-order valence-electron chi connectivity index (χ0n) is 14.8. The minimum absolute atomic E-state index is 0.0168. The van der Waals surface area contributed by atoms with Gasteiger partial charge < -0.3 is 5.32 Å². The molecule has 2 aromatic rings. The van der Waals surface area contributed by atoms with E-state index in [-0.39, 0.29) is 16.8 Å². The number of nitriles is 1. The van der Waals surface area contributed by atoms with Crippen LogP contribution in [0.5, 0.6) is 0 Å². The molecule has 3 rings (SSSR count). The molecule has 27 heavy (non-hydrogen) atoms. The molecule has 0 atom stereocenters. The molecule has 0 aliphatic heterocycles. The van der Waals surface area contributed by atoms with Crippen molar-refractivity contribution in [3.05, 3.63) is 59.7 Å². The van der Waals surface area contributed by atoms with Crippen LogP contribution in [-0.4, -0.2) is 20.4 Å². The molecule has 1 amide bonds. The van der Waals surface area contributed by atoms with Crippen LogP contribution in [0, 0.1) is 11.3 Å². The van der Waals surface area contributed by atoms with Gasteiger partial charge in [0, 0.05) is 17.3 Å². The molecule has 0 radical (unpaired) electrons. The smallest absolute Gasteiger partial charge is 0.261 e. The Labute approximate surface area is 159 Å². The van der Waals surface area contributed by atoms with Crippen LogP contribution in [-0.2, 0) is 10.0 Å². The minimum Gasteiger partial charge on any atom is -0.349 e. The summed E-state index contributed by atoms with van der Waals surface area (Å²) in [6.45, 7) is 0. The first kappa shape index (κ1) is 18.9. The van der Waals surface area contributed by atoms with Crippen molar-refractivity contribution >= 4 is 21.6 Å². The summed E-state index contributed by atoms with van der Waals surface area (Å²) in [6, 6.07) is 14.2. The number of hydrogen-bond donors (Lipinski definition) is 2. The van der Waals surface area contributed by atoms with Crippen molar-refractivity contribution in [1.82, 2.24) is 5.32 Å². The number of anilines is 1. The molecular formula is C20H21N3O3S. The van der Waals surface area contributed by atoms with E-state index in [0.717, 1.165) is 25.7 Å². The highest BCUT2D eigenvalue weighted by atomic mass is 32.2. The zero-order valence-corrected chi connectivity index (χ0v) is 15.6. The molecule has 7 heteroatoms. The van der Waals surface area contributed by atoms with E-state index in [2.05, 4.69) is 10.0 Å². The maximum Gasteiger partial charge on any atom is 0.261 e. The summed E-state index contributed by atoms with van der Waals surface area (Å²) in [6.07, 6.45) is 5.33. The fraction of sp³-hybridized carbons (Fsp3) is 0.300. The predicted molar refractivity (Wildman–Crippen MR) is 103 cm³/mol. The number of carbonyl (C=O) groups excluding carboxylic acids is 1. The Morgan fingerprint density at radius 1 is 1.04 bits per heavy atom. The van der Waals surface area contributed by atoms with Crippen molar-refractivity contribution in [1.29, 1.82) is 5.26 Å². The second-order valence-electron chi connectivity index (χ2n) is 6.63. The van der Waals surface area contributed by atoms with Crippen molar-refractivity contribution < 1.29 is 13.2 Å². The minimum atomic E-state index is -3.83. The van der Waals surface area contributed by atoms with Crippen molar-refractivity contribution in [3.8, 4) is 6.07 Å². The van der Waals surface area contributed by atoms with Gasteiger partial charge in [-0.05, 0) is 55.3 Å². The van der Waals surface area contributed by atoms with E-state index in [1.54, 1.807) is 12.1 Å². The first-order valence-corrected chi connectivity index (χ1v) is 10.4. The van der Waals surface area contributed by atoms with Gasteiger partial charge in [0.25, 0.3) is 15.9 Å². The van der Waals surface area contributed by atoms with Crippen LogP contribution in [0.1, 0.15) is 48.0 Å². The summed E-state index contributed by atoms with van der Waals surface area (Å²) in [5.74, 6) is -0.252. The van der Waals surface area contributed by atoms with Gasteiger partial charge in [-0.3, -0.25) is 9.52 Å². The van der Waals surface area contributed by atoms with Gasteiger partial charge in [-0.2, -0.15) is 5.26 Å². The lowest BCUT2D eigenvalue weighted by molar-refractivity contribution is 0.0927. The van der Waals surface area contributed by atoms with E-state index in [4.69, 9.17) is 5.26 Å². The van der Waals surface area contributed by atoms with E-state index < -0.39 is 10.0 Å². The summed E-state index contributed by atoms with van der Waals surface area (Å²) in [4.78, 5) is 12.5. The SMILES string of the molecule is N#Cc1ccc(NS(=O)(=O)c2cccc(C(=O)NC3CCCCC3)c2)cc1. The van der Waals surface area contributed by atoms with Crippen molar-refractivity contribution in [3.63, 3.8) is 0 Å². The molecule has 1 aliphatic rings. The average Bonchev–Trinajstić information content (AvgIpc) is 2.69. The van der Waals surface area contributed by atoms with E-state index in [1.807, 2.05) is 6.07 Å². The molecule has 6 nitrogen and oxygen atoms in total. The summed E-state index contributed by atoms with van der Waals surface area (Å²) in [7, 11) is -3.83. The number of carbonyl (C=O) groups is 1. The number of sulfonamides is 1. The lowest BCUT2D eigenvalue weighted by Gasteiger charge is -2.22. The number of hydrogen-bond acceptors (Lipinski definition) is 4. The van der Waals surface area contributed by atoms with Crippen molar-refractivity contribution in [2.45, 2.75) is 43.0 Å². The summed E-state index contributed by atoms with van der Waals surface area (Å²) in [5.41, 5.74) is 1.12. The van der Waals surface area contributed by atoms with E-state index in [1.165, 1.54) is 42.8 Å². The van der Waals surface area contributed by atoms with Gasteiger partial charge in [0.15, 0.2) is 0 Å². The normalized spacial score (nSPS) is 14.9. The van der Waals surface area contributed by atoms with Gasteiger partial charge in [0.2, 0.25) is 0 Å². The van der Waals surface area contributed by atoms with E-state index in [9.17, 15) is 13.2 Å². The average molecular weight is 383 g/mol. The summed E-state index contributed by atoms with van der Waals surface area (Å²) in [5, 5.41) is 11.8. The van der Waals surface area contributed by atoms with Crippen LogP contribution < -0.4 is 10.0 Å². The first-order valence-electron chi connectivity index (χ1n) is 8.92. The van der Waals surface area contributed by atoms with Crippen LogP contribution in [0.15, 0.2) is 53.4 Å². The van der Waals surface area contributed by atoms with Gasteiger partial charge in [0.1, 0.15) is 0 Å². The quantitative estimate of drug-likeness (QED) is 0.826. The lowest BCUT2D eigenvalue weighted by atomic mass is 9.95. The van der Waals surface area contributed by atoms with Gasteiger partial charge in [0.05, 0.1) is 16.5 Å². The highest BCUT2D eigenvalue weighted by molar-refractivity contribution is 7.92. The third kappa shape index (κ3) is 4.86. The first-order chi connectivity index (χ1) is 13.0. The van der Waals surface area contributed by atoms with Gasteiger partial charge >= 0.3 is 0 Å². The van der Waals surface area contributed by atoms with Gasteiger partial charge in [-0.15, -0.1) is 0 Å². The molecular weight excluding hydrogens is 362 g/mol. The molecule has 140 valence electrons. The molecule has 0 bridgehead atoms. The molecule has 2 N–H and O–H groups in total. The molecule has 1 aliphatic carbocycles. The number of nitrogens with one attached hydrogen (secondary N) is 2. The standard InChI is InChI=1S/C20H21N3O3S/c21-14-15-9-11-18(12-10-15)23-27(25,26)19-8-4-5-16(13-19)20(24)22-17-6-2-1-3-7-17/h4-5,8-13,17,23H,1-3,6-7H2,(H,22,24). The van der Waals surface area contributed by atoms with Crippen LogP contribution in [0.3, 0.4) is 0 Å². The predicted octanol–water partition coefficient (Wildman–Crippen LogP) is 3.42. The van der Waals surface area contributed by atoms with Crippen LogP contribution in [0.4, 0.5) is 5.69 Å². The van der Waals surface area contributed by atoms with Crippen molar-refractivity contribution in [2.75, 3.05) is 4.72 Å². The number of amides is 1. The third-order valence-corrected chi connectivity index (χ3v) is 5.99. The third-order valence-electron chi connectivity index (χ3n) is 4.61. The van der Waals surface area contributed by atoms with Crippen LogP contribution in [0.2, 0.25) is 0 Å². The molecule has 1 saturated carbocycles. The second kappa shape index (κ2) is 8.23. The number of nitrogens with zero attached hydrogens (tertiary/aromatic N) is 1. The largest absolute Gasteiger partial charge is 0.349 e. The molecule has 0 heterocycles. The highest BCUT2D eigenvalue weighted by Gasteiger charge is 2.19. The molecule has 0 aromatic heterocycles. The Kier molecular flexibility index (Phi) is 5.77. The Bertz CT molecular complexity index is 957. The van der Waals surface area contributed by atoms with Crippen LogP contribution >= 0.6 is 0 Å². The van der Waals surface area contributed by atoms with Crippen LogP contribution in [0.25, 0.3) is 0 Å². The molecule has 0 unspecified atom stereocenters. The monoisotopic (exact) mass is 383 g/mol. The maximum absolute atomic E-state index is 12.6. The lowest BCUT2D eigenvalue weighted by Crippen LogP contribution is -2.36. The van der Waals surface area contributed by atoms with E-state index >= 15 is 0 Å². The summed E-state index contributed by atoms with van der Waals surface area (Å²) < 4.78 is 27.7. The van der Waals surface area contributed by atoms with E-state index in [0.29, 0.717) is 16.8 Å². The maximum atomic E-state index is 12.6. The Morgan fingerprint density at radius 2 is 1.74 bits per heavy atom. The van der Waals surface area contributed by atoms with Gasteiger partial charge in [-0.1, -0.05) is 25.3 Å². The summed E-state index contributed by atoms with van der Waals surface area (Å²) >= 11 is 0. The topological polar surface area (TPSA) is 99.1 Å². The molecule has 0 spiro atoms. The number of benzene rings is 2. The molecule has 2 aromatic carbocycles. The Balaban J connectivity index is 1.74.